The van der Waals surface area contributed by atoms with Gasteiger partial charge in [0.25, 0.3) is 0 Å². The van der Waals surface area contributed by atoms with Gasteiger partial charge >= 0.3 is 12.1 Å². The second-order valence-corrected chi connectivity index (χ2v) is 10.5. The van der Waals surface area contributed by atoms with Gasteiger partial charge in [-0.3, -0.25) is 4.79 Å². The van der Waals surface area contributed by atoms with Gasteiger partial charge in [0.1, 0.15) is 0 Å². The maximum atomic E-state index is 13.0. The predicted molar refractivity (Wildman–Crippen MR) is 130 cm³/mol. The standard InChI is InChI=1S/C24H33F3N4O3S/c1-14(2)13-23(9-7-17(34-4)8-10-23)30-18-6-5-16(15(3)11-20(32)33)12-19(18)28-22-29-21(31-35-22)24(25,26)27/h5-6,12,14-15,17,30H,7-11,13H2,1-4H3,(H,32,33)(H,28,29,31)/t15-,17?,23?/m1/s1. The molecule has 11 heteroatoms. The van der Waals surface area contributed by atoms with E-state index in [-0.39, 0.29) is 29.1 Å². The first-order valence-electron chi connectivity index (χ1n) is 11.8. The number of aromatic nitrogens is 2. The van der Waals surface area contributed by atoms with Gasteiger partial charge in [-0.15, -0.1) is 0 Å². The molecule has 0 amide bonds. The SMILES string of the molecule is COC1CCC(CC(C)C)(Nc2ccc([C@H](C)CC(=O)O)cc2Nc2nc(C(F)(F)F)ns2)CC1. The number of nitrogens with one attached hydrogen (secondary N) is 2. The first kappa shape index (κ1) is 27.2. The average Bonchev–Trinajstić information content (AvgIpc) is 3.24. The minimum Gasteiger partial charge on any atom is -0.481 e. The molecule has 3 N–H and O–H groups in total. The molecule has 2 aromatic rings. The molecular weight excluding hydrogens is 481 g/mol. The van der Waals surface area contributed by atoms with Crippen molar-refractivity contribution in [3.8, 4) is 0 Å². The number of aliphatic carboxylic acids is 1. The van der Waals surface area contributed by atoms with Crippen LogP contribution in [-0.4, -0.2) is 39.2 Å². The van der Waals surface area contributed by atoms with Gasteiger partial charge in [0.2, 0.25) is 11.0 Å². The zero-order valence-electron chi connectivity index (χ0n) is 20.4. The Labute approximate surface area is 207 Å². The molecule has 194 valence electrons. The van der Waals surface area contributed by atoms with Crippen LogP contribution in [0.3, 0.4) is 0 Å². The lowest BCUT2D eigenvalue weighted by molar-refractivity contribution is -0.144. The zero-order valence-corrected chi connectivity index (χ0v) is 21.2. The van der Waals surface area contributed by atoms with Crippen molar-refractivity contribution in [2.75, 3.05) is 17.7 Å². The van der Waals surface area contributed by atoms with Crippen LogP contribution in [0.2, 0.25) is 0 Å². The van der Waals surface area contributed by atoms with E-state index in [2.05, 4.69) is 33.8 Å². The normalized spacial score (nSPS) is 21.7. The summed E-state index contributed by atoms with van der Waals surface area (Å²) in [5.41, 5.74) is 1.85. The molecule has 1 aromatic heterocycles. The molecule has 0 aliphatic heterocycles. The molecule has 1 aromatic carbocycles. The number of nitrogens with zero attached hydrogens (tertiary/aromatic N) is 2. The number of anilines is 3. The molecule has 1 heterocycles. The molecule has 1 fully saturated rings. The highest BCUT2D eigenvalue weighted by Gasteiger charge is 2.37. The minimum atomic E-state index is -4.63. The number of ether oxygens (including phenoxy) is 1. The Hall–Kier alpha value is -2.40. The summed E-state index contributed by atoms with van der Waals surface area (Å²) >= 11 is 0.633. The number of methoxy groups -OCH3 is 1. The largest absolute Gasteiger partial charge is 0.481 e. The Morgan fingerprint density at radius 3 is 2.49 bits per heavy atom. The van der Waals surface area contributed by atoms with E-state index in [9.17, 15) is 23.1 Å². The maximum absolute atomic E-state index is 13.0. The van der Waals surface area contributed by atoms with E-state index in [1.807, 2.05) is 12.1 Å². The first-order valence-corrected chi connectivity index (χ1v) is 12.5. The molecule has 1 saturated carbocycles. The quantitative estimate of drug-likeness (QED) is 0.326. The van der Waals surface area contributed by atoms with Crippen LogP contribution in [0.5, 0.6) is 0 Å². The Kier molecular flexibility index (Phi) is 8.63. The van der Waals surface area contributed by atoms with E-state index in [1.165, 1.54) is 0 Å². The van der Waals surface area contributed by atoms with Crippen LogP contribution in [0, 0.1) is 5.92 Å². The van der Waals surface area contributed by atoms with Gasteiger partial charge in [-0.2, -0.15) is 22.5 Å². The summed E-state index contributed by atoms with van der Waals surface area (Å²) < 4.78 is 48.1. The Bertz CT molecular complexity index is 1000. The Balaban J connectivity index is 1.95. The number of carboxylic acids is 1. The van der Waals surface area contributed by atoms with Crippen LogP contribution in [0.1, 0.15) is 76.6 Å². The monoisotopic (exact) mass is 514 g/mol. The summed E-state index contributed by atoms with van der Waals surface area (Å²) in [7, 11) is 1.73. The Morgan fingerprint density at radius 2 is 1.94 bits per heavy atom. The van der Waals surface area contributed by atoms with Crippen molar-refractivity contribution < 1.29 is 27.8 Å². The number of rotatable bonds is 10. The van der Waals surface area contributed by atoms with E-state index in [0.717, 1.165) is 43.4 Å². The van der Waals surface area contributed by atoms with Gasteiger partial charge in [-0.25, -0.2) is 0 Å². The molecule has 7 nitrogen and oxygen atoms in total. The predicted octanol–water partition coefficient (Wildman–Crippen LogP) is 6.66. The average molecular weight is 515 g/mol. The molecule has 0 saturated heterocycles. The molecule has 0 bridgehead atoms. The summed E-state index contributed by atoms with van der Waals surface area (Å²) in [6.07, 6.45) is 0.0911. The van der Waals surface area contributed by atoms with Crippen molar-refractivity contribution in [3.05, 3.63) is 29.6 Å². The summed E-state index contributed by atoms with van der Waals surface area (Å²) in [4.78, 5) is 14.8. The van der Waals surface area contributed by atoms with Crippen LogP contribution in [0.25, 0.3) is 0 Å². The minimum absolute atomic E-state index is 0.0180. The second-order valence-electron chi connectivity index (χ2n) is 9.79. The number of alkyl halides is 3. The van der Waals surface area contributed by atoms with Crippen LogP contribution in [0.4, 0.5) is 29.7 Å². The van der Waals surface area contributed by atoms with Gasteiger partial charge in [0.05, 0.1) is 23.9 Å². The molecule has 1 atom stereocenters. The summed E-state index contributed by atoms with van der Waals surface area (Å²) in [5, 5.41) is 15.9. The van der Waals surface area contributed by atoms with Crippen molar-refractivity contribution in [3.63, 3.8) is 0 Å². The van der Waals surface area contributed by atoms with Crippen molar-refractivity contribution in [2.45, 2.75) is 83.0 Å². The number of halogens is 3. The highest BCUT2D eigenvalue weighted by molar-refractivity contribution is 7.09. The smallest absolute Gasteiger partial charge is 0.452 e. The number of benzene rings is 1. The molecule has 0 radical (unpaired) electrons. The lowest BCUT2D eigenvalue weighted by Gasteiger charge is -2.43. The maximum Gasteiger partial charge on any atom is 0.452 e. The van der Waals surface area contributed by atoms with Crippen molar-refractivity contribution in [1.29, 1.82) is 0 Å². The first-order chi connectivity index (χ1) is 16.4. The fourth-order valence-electron chi connectivity index (χ4n) is 4.79. The van der Waals surface area contributed by atoms with Crippen LogP contribution in [0.15, 0.2) is 18.2 Å². The zero-order chi connectivity index (χ0) is 25.8. The lowest BCUT2D eigenvalue weighted by Crippen LogP contribution is -2.44. The molecule has 1 aliphatic rings. The third-order valence-electron chi connectivity index (χ3n) is 6.44. The van der Waals surface area contributed by atoms with Crippen LogP contribution < -0.4 is 10.6 Å². The van der Waals surface area contributed by atoms with Crippen molar-refractivity contribution >= 4 is 34.0 Å². The van der Waals surface area contributed by atoms with Crippen LogP contribution in [-0.2, 0) is 15.7 Å². The van der Waals surface area contributed by atoms with E-state index < -0.39 is 18.0 Å². The topological polar surface area (TPSA) is 96.4 Å². The highest BCUT2D eigenvalue weighted by Crippen LogP contribution is 2.41. The molecule has 0 unspecified atom stereocenters. The summed E-state index contributed by atoms with van der Waals surface area (Å²) in [5.74, 6) is -1.95. The van der Waals surface area contributed by atoms with Gasteiger partial charge in [0, 0.05) is 24.2 Å². The molecular formula is C24H33F3N4O3S. The third-order valence-corrected chi connectivity index (χ3v) is 7.07. The number of carboxylic acid groups (broad SMARTS) is 1. The van der Waals surface area contributed by atoms with E-state index >= 15 is 0 Å². The van der Waals surface area contributed by atoms with Crippen molar-refractivity contribution in [1.82, 2.24) is 9.36 Å². The summed E-state index contributed by atoms with van der Waals surface area (Å²) in [6, 6.07) is 5.52. The fraction of sp³-hybridized carbons (Fsp3) is 0.625. The third kappa shape index (κ3) is 7.30. The highest BCUT2D eigenvalue weighted by atomic mass is 32.1. The molecule has 0 spiro atoms. The van der Waals surface area contributed by atoms with E-state index in [4.69, 9.17) is 4.74 Å². The number of carbonyl (C=O) groups is 1. The van der Waals surface area contributed by atoms with Gasteiger partial charge in [0.15, 0.2) is 0 Å². The van der Waals surface area contributed by atoms with Crippen LogP contribution >= 0.6 is 11.5 Å². The van der Waals surface area contributed by atoms with Gasteiger partial charge in [-0.1, -0.05) is 26.8 Å². The fourth-order valence-corrected chi connectivity index (χ4v) is 5.39. The number of hydrogen-bond acceptors (Lipinski definition) is 7. The molecule has 1 aliphatic carbocycles. The molecule has 35 heavy (non-hydrogen) atoms. The Morgan fingerprint density at radius 1 is 1.26 bits per heavy atom. The van der Waals surface area contributed by atoms with Gasteiger partial charge in [-0.05, 0) is 61.6 Å². The van der Waals surface area contributed by atoms with E-state index in [1.54, 1.807) is 20.1 Å². The second kappa shape index (κ2) is 11.1. The van der Waals surface area contributed by atoms with Gasteiger partial charge < -0.3 is 20.5 Å². The summed E-state index contributed by atoms with van der Waals surface area (Å²) in [6.45, 7) is 6.14. The van der Waals surface area contributed by atoms with Crippen molar-refractivity contribution in [2.24, 2.45) is 5.92 Å². The van der Waals surface area contributed by atoms with E-state index in [0.29, 0.717) is 23.1 Å². The molecule has 3 rings (SSSR count). The number of hydrogen-bond donors (Lipinski definition) is 3. The lowest BCUT2D eigenvalue weighted by atomic mass is 9.75.